The second-order valence-electron chi connectivity index (χ2n) is 1.35. The van der Waals surface area contributed by atoms with Crippen molar-refractivity contribution in [2.75, 3.05) is 6.54 Å². The van der Waals surface area contributed by atoms with E-state index >= 15 is 0 Å². The lowest BCUT2D eigenvalue weighted by molar-refractivity contribution is -0.123. The largest absolute Gasteiger partial charge is 0.399 e. The summed E-state index contributed by atoms with van der Waals surface area (Å²) in [5.74, 6) is 3.99. The zero-order valence-electron chi connectivity index (χ0n) is 5.03. The number of hydrogen-bond acceptors (Lipinski definition) is 1. The van der Waals surface area contributed by atoms with Crippen LogP contribution in [0, 0.1) is 11.8 Å². The Morgan fingerprint density at radius 2 is 1.70 bits per heavy atom. The van der Waals surface area contributed by atoms with Gasteiger partial charge in [-0.2, -0.15) is 13.2 Å². The Kier molecular flexibility index (Phi) is 6.63. The zero-order valence-corrected chi connectivity index (χ0v) is 5.85. The minimum atomic E-state index is -4.18. The van der Waals surface area contributed by atoms with Gasteiger partial charge in [0.2, 0.25) is 0 Å². The molecule has 0 heterocycles. The standard InChI is InChI=1S/C5H6F3N.ClH/c6-5(7,8)3-1-2-4-9;/h3-4,9H2;1H. The maximum absolute atomic E-state index is 11.2. The average molecular weight is 174 g/mol. The van der Waals surface area contributed by atoms with Crippen LogP contribution >= 0.6 is 12.4 Å². The van der Waals surface area contributed by atoms with Crippen LogP contribution in [-0.4, -0.2) is 12.7 Å². The molecule has 0 aromatic rings. The predicted molar refractivity (Wildman–Crippen MR) is 34.8 cm³/mol. The van der Waals surface area contributed by atoms with Gasteiger partial charge >= 0.3 is 6.18 Å². The summed E-state index contributed by atoms with van der Waals surface area (Å²) in [5.41, 5.74) is 4.82. The van der Waals surface area contributed by atoms with E-state index in [1.807, 2.05) is 5.92 Å². The third kappa shape index (κ3) is 10.6. The van der Waals surface area contributed by atoms with Gasteiger partial charge in [-0.05, 0) is 0 Å². The minimum Gasteiger partial charge on any atom is -0.320 e. The van der Waals surface area contributed by atoms with Crippen molar-refractivity contribution in [2.24, 2.45) is 5.73 Å². The molecule has 0 aliphatic carbocycles. The summed E-state index contributed by atoms with van der Waals surface area (Å²) >= 11 is 0. The highest BCUT2D eigenvalue weighted by Gasteiger charge is 2.24. The minimum absolute atomic E-state index is 0. The summed E-state index contributed by atoms with van der Waals surface area (Å²) in [7, 11) is 0. The molecule has 0 aliphatic rings. The molecule has 0 saturated heterocycles. The Balaban J connectivity index is 0. The number of alkyl halides is 3. The van der Waals surface area contributed by atoms with Crippen molar-refractivity contribution < 1.29 is 13.2 Å². The van der Waals surface area contributed by atoms with Crippen molar-refractivity contribution in [3.8, 4) is 11.8 Å². The van der Waals surface area contributed by atoms with Crippen molar-refractivity contribution >= 4 is 12.4 Å². The van der Waals surface area contributed by atoms with E-state index in [9.17, 15) is 13.2 Å². The van der Waals surface area contributed by atoms with E-state index in [1.54, 1.807) is 0 Å². The van der Waals surface area contributed by atoms with Gasteiger partial charge in [-0.1, -0.05) is 11.8 Å². The van der Waals surface area contributed by atoms with Gasteiger partial charge in [0.05, 0.1) is 6.54 Å². The first-order chi connectivity index (χ1) is 4.06. The van der Waals surface area contributed by atoms with Crippen LogP contribution in [0.3, 0.4) is 0 Å². The van der Waals surface area contributed by atoms with Crippen molar-refractivity contribution in [1.29, 1.82) is 0 Å². The van der Waals surface area contributed by atoms with Crippen LogP contribution < -0.4 is 5.73 Å². The van der Waals surface area contributed by atoms with E-state index in [1.165, 1.54) is 0 Å². The third-order valence-electron chi connectivity index (χ3n) is 0.516. The van der Waals surface area contributed by atoms with Gasteiger partial charge in [0.1, 0.15) is 6.42 Å². The maximum Gasteiger partial charge on any atom is 0.399 e. The Labute approximate surface area is 63.2 Å². The summed E-state index contributed by atoms with van der Waals surface area (Å²) < 4.78 is 33.7. The fourth-order valence-corrected chi connectivity index (χ4v) is 0.235. The van der Waals surface area contributed by atoms with Gasteiger partial charge in [-0.25, -0.2) is 0 Å². The molecule has 60 valence electrons. The Morgan fingerprint density at radius 3 is 2.00 bits per heavy atom. The summed E-state index contributed by atoms with van der Waals surface area (Å²) in [6, 6.07) is 0. The lowest BCUT2D eigenvalue weighted by atomic mass is 10.4. The number of hydrogen-bond donors (Lipinski definition) is 1. The molecule has 1 nitrogen and oxygen atoms in total. The smallest absolute Gasteiger partial charge is 0.320 e. The molecule has 5 heteroatoms. The van der Waals surface area contributed by atoms with E-state index in [2.05, 4.69) is 5.92 Å². The van der Waals surface area contributed by atoms with Gasteiger partial charge in [0, 0.05) is 0 Å². The molecular formula is C5H7ClF3N. The number of halogens is 4. The van der Waals surface area contributed by atoms with E-state index < -0.39 is 12.6 Å². The van der Waals surface area contributed by atoms with Crippen molar-refractivity contribution in [2.45, 2.75) is 12.6 Å². The van der Waals surface area contributed by atoms with Crippen molar-refractivity contribution in [1.82, 2.24) is 0 Å². The summed E-state index contributed by atoms with van der Waals surface area (Å²) in [6.07, 6.45) is -5.24. The lowest BCUT2D eigenvalue weighted by Crippen LogP contribution is -2.05. The van der Waals surface area contributed by atoms with Gasteiger partial charge in [0.15, 0.2) is 0 Å². The molecule has 0 amide bonds. The quantitative estimate of drug-likeness (QED) is 0.550. The molecule has 0 aromatic heterocycles. The van der Waals surface area contributed by atoms with Crippen LogP contribution in [0.4, 0.5) is 13.2 Å². The Hall–Kier alpha value is -0.400. The molecule has 0 unspecified atom stereocenters. The normalized spacial score (nSPS) is 9.20. The van der Waals surface area contributed by atoms with Crippen LogP contribution in [-0.2, 0) is 0 Å². The lowest BCUT2D eigenvalue weighted by Gasteiger charge is -1.96. The molecule has 0 bridgehead atoms. The second-order valence-corrected chi connectivity index (χ2v) is 1.35. The van der Waals surface area contributed by atoms with Crippen LogP contribution in [0.15, 0.2) is 0 Å². The van der Waals surface area contributed by atoms with E-state index in [-0.39, 0.29) is 19.0 Å². The second kappa shape index (κ2) is 5.39. The fraction of sp³-hybridized carbons (Fsp3) is 0.600. The molecule has 0 aliphatic heterocycles. The molecule has 0 rings (SSSR count). The highest BCUT2D eigenvalue weighted by Crippen LogP contribution is 2.17. The maximum atomic E-state index is 11.2. The first-order valence-electron chi connectivity index (χ1n) is 2.29. The topological polar surface area (TPSA) is 26.0 Å². The zero-order chi connectivity index (χ0) is 7.33. The SMILES string of the molecule is Cl.NCC#CCC(F)(F)F. The molecule has 0 saturated carbocycles. The van der Waals surface area contributed by atoms with Crippen LogP contribution in [0.1, 0.15) is 6.42 Å². The summed E-state index contributed by atoms with van der Waals surface area (Å²) in [6.45, 7) is -0.0178. The van der Waals surface area contributed by atoms with Gasteiger partial charge in [0.25, 0.3) is 0 Å². The number of nitrogens with two attached hydrogens (primary N) is 1. The Morgan fingerprint density at radius 1 is 1.20 bits per heavy atom. The summed E-state index contributed by atoms with van der Waals surface area (Å²) in [4.78, 5) is 0. The van der Waals surface area contributed by atoms with Gasteiger partial charge in [-0.3, -0.25) is 0 Å². The average Bonchev–Trinajstić information content (AvgIpc) is 1.63. The molecule has 10 heavy (non-hydrogen) atoms. The van der Waals surface area contributed by atoms with Crippen LogP contribution in [0.2, 0.25) is 0 Å². The molecular weight excluding hydrogens is 167 g/mol. The number of rotatable bonds is 0. The molecule has 0 aromatic carbocycles. The Bertz CT molecular complexity index is 132. The molecule has 0 radical (unpaired) electrons. The molecule has 0 fully saturated rings. The van der Waals surface area contributed by atoms with Crippen molar-refractivity contribution in [3.63, 3.8) is 0 Å². The molecule has 0 atom stereocenters. The highest BCUT2D eigenvalue weighted by atomic mass is 35.5. The first kappa shape index (κ1) is 12.3. The van der Waals surface area contributed by atoms with E-state index in [0.29, 0.717) is 0 Å². The monoisotopic (exact) mass is 173 g/mol. The van der Waals surface area contributed by atoms with E-state index in [4.69, 9.17) is 5.73 Å². The van der Waals surface area contributed by atoms with Gasteiger partial charge in [-0.15, -0.1) is 12.4 Å². The molecule has 0 spiro atoms. The summed E-state index contributed by atoms with van der Waals surface area (Å²) in [5, 5.41) is 0. The first-order valence-corrected chi connectivity index (χ1v) is 2.29. The van der Waals surface area contributed by atoms with Gasteiger partial charge < -0.3 is 5.73 Å². The van der Waals surface area contributed by atoms with E-state index in [0.717, 1.165) is 0 Å². The fourth-order valence-electron chi connectivity index (χ4n) is 0.235. The molecule has 2 N–H and O–H groups in total. The van der Waals surface area contributed by atoms with Crippen molar-refractivity contribution in [3.05, 3.63) is 0 Å². The predicted octanol–water partition coefficient (Wildman–Crippen LogP) is 1.32. The van der Waals surface area contributed by atoms with Crippen LogP contribution in [0.5, 0.6) is 0 Å². The highest BCUT2D eigenvalue weighted by molar-refractivity contribution is 5.85. The third-order valence-corrected chi connectivity index (χ3v) is 0.516. The van der Waals surface area contributed by atoms with Crippen LogP contribution in [0.25, 0.3) is 0 Å².